The van der Waals surface area contributed by atoms with E-state index in [2.05, 4.69) is 0 Å². The molecule has 8 nitrogen and oxygen atoms in total. The van der Waals surface area contributed by atoms with Crippen molar-refractivity contribution in [3.63, 3.8) is 0 Å². The molecule has 0 aromatic heterocycles. The number of hydrogen-bond acceptors (Lipinski definition) is 7. The van der Waals surface area contributed by atoms with Crippen LogP contribution in [0.1, 0.15) is 41.0 Å². The maximum Gasteiger partial charge on any atom is 0.328 e. The molecule has 0 saturated carbocycles. The quantitative estimate of drug-likeness (QED) is 0.725. The average Bonchev–Trinajstić information content (AvgIpc) is 2.92. The molecule has 0 radical (unpaired) electrons. The van der Waals surface area contributed by atoms with E-state index < -0.39 is 41.1 Å². The van der Waals surface area contributed by atoms with Crippen molar-refractivity contribution >= 4 is 5.97 Å². The summed E-state index contributed by atoms with van der Waals surface area (Å²) in [5, 5.41) is 20.7. The van der Waals surface area contributed by atoms with E-state index in [-0.39, 0.29) is 19.6 Å². The van der Waals surface area contributed by atoms with Gasteiger partial charge >= 0.3 is 5.97 Å². The number of rotatable bonds is 3. The summed E-state index contributed by atoms with van der Waals surface area (Å²) in [5.74, 6) is -4.39. The highest BCUT2D eigenvalue weighted by Gasteiger charge is 2.70. The number of carboxylic acids is 1. The van der Waals surface area contributed by atoms with Crippen molar-refractivity contribution in [2.24, 2.45) is 0 Å². The van der Waals surface area contributed by atoms with Crippen LogP contribution in [0.5, 0.6) is 0 Å². The van der Waals surface area contributed by atoms with Crippen molar-refractivity contribution in [1.82, 2.24) is 0 Å². The van der Waals surface area contributed by atoms with E-state index in [1.54, 1.807) is 34.6 Å². The predicted molar refractivity (Wildman–Crippen MR) is 84.6 cm³/mol. The number of fused-ring (bicyclic) bond motifs is 1. The molecular formula is C17H26O8. The van der Waals surface area contributed by atoms with Crippen molar-refractivity contribution in [1.29, 1.82) is 0 Å². The summed E-state index contributed by atoms with van der Waals surface area (Å²) in [7, 11) is 0. The van der Waals surface area contributed by atoms with Crippen LogP contribution >= 0.6 is 0 Å². The fraction of sp³-hybridized carbons (Fsp3) is 0.824. The van der Waals surface area contributed by atoms with Crippen molar-refractivity contribution in [3.8, 4) is 0 Å². The highest BCUT2D eigenvalue weighted by atomic mass is 16.9. The SMILES string of the molecule is C/C(=C/C(=O)O)C[C@@]1(O)[C@@H]2OC(C)(C)O[C@@H]2CO[C@]12COC(C)(C)O2. The van der Waals surface area contributed by atoms with E-state index in [1.807, 2.05) is 0 Å². The van der Waals surface area contributed by atoms with Gasteiger partial charge in [0.1, 0.15) is 18.8 Å². The molecule has 0 bridgehead atoms. The third-order valence-electron chi connectivity index (χ3n) is 4.73. The van der Waals surface area contributed by atoms with Crippen LogP contribution in [0.15, 0.2) is 11.6 Å². The van der Waals surface area contributed by atoms with Gasteiger partial charge in [0.2, 0.25) is 5.79 Å². The Labute approximate surface area is 146 Å². The molecule has 3 saturated heterocycles. The second kappa shape index (κ2) is 5.73. The van der Waals surface area contributed by atoms with Crippen LogP contribution in [0, 0.1) is 0 Å². The first-order valence-electron chi connectivity index (χ1n) is 8.34. The number of carbonyl (C=O) groups is 1. The number of carboxylic acid groups (broad SMARTS) is 1. The lowest BCUT2D eigenvalue weighted by molar-refractivity contribution is -0.366. The normalized spacial score (nSPS) is 42.6. The Balaban J connectivity index is 2.00. The molecule has 142 valence electrons. The third-order valence-corrected chi connectivity index (χ3v) is 4.73. The lowest BCUT2D eigenvalue weighted by Crippen LogP contribution is -2.71. The highest BCUT2D eigenvalue weighted by molar-refractivity contribution is 5.80. The second-order valence-corrected chi connectivity index (χ2v) is 7.88. The van der Waals surface area contributed by atoms with E-state index in [0.29, 0.717) is 5.57 Å². The molecule has 0 aromatic rings. The van der Waals surface area contributed by atoms with Gasteiger partial charge in [-0.05, 0) is 34.6 Å². The van der Waals surface area contributed by atoms with Gasteiger partial charge in [0, 0.05) is 12.5 Å². The van der Waals surface area contributed by atoms with Gasteiger partial charge in [-0.2, -0.15) is 0 Å². The first-order chi connectivity index (χ1) is 11.4. The molecule has 0 aliphatic carbocycles. The summed E-state index contributed by atoms with van der Waals surface area (Å²) in [6.07, 6.45) is -0.197. The third kappa shape index (κ3) is 3.22. The molecule has 4 atom stereocenters. The molecule has 0 amide bonds. The number of aliphatic carboxylic acids is 1. The Morgan fingerprint density at radius 3 is 2.40 bits per heavy atom. The van der Waals surface area contributed by atoms with E-state index >= 15 is 0 Å². The van der Waals surface area contributed by atoms with Gasteiger partial charge in [0.15, 0.2) is 17.2 Å². The zero-order valence-electron chi connectivity index (χ0n) is 15.2. The summed E-state index contributed by atoms with van der Waals surface area (Å²) in [4.78, 5) is 11.0. The van der Waals surface area contributed by atoms with Gasteiger partial charge < -0.3 is 33.9 Å². The van der Waals surface area contributed by atoms with Gasteiger partial charge in [-0.3, -0.25) is 0 Å². The van der Waals surface area contributed by atoms with Crippen molar-refractivity contribution in [3.05, 3.63) is 11.6 Å². The minimum absolute atomic E-state index is 0.00383. The summed E-state index contributed by atoms with van der Waals surface area (Å²) in [6, 6.07) is 0. The lowest BCUT2D eigenvalue weighted by atomic mass is 9.77. The van der Waals surface area contributed by atoms with E-state index in [9.17, 15) is 9.90 Å². The molecule has 0 unspecified atom stereocenters. The van der Waals surface area contributed by atoms with Crippen LogP contribution in [0.2, 0.25) is 0 Å². The van der Waals surface area contributed by atoms with Crippen LogP contribution < -0.4 is 0 Å². The minimum Gasteiger partial charge on any atom is -0.478 e. The number of hydrogen-bond donors (Lipinski definition) is 2. The summed E-state index contributed by atoms with van der Waals surface area (Å²) in [5.41, 5.74) is -1.21. The summed E-state index contributed by atoms with van der Waals surface area (Å²) >= 11 is 0. The van der Waals surface area contributed by atoms with Gasteiger partial charge in [-0.25, -0.2) is 4.79 Å². The molecule has 3 aliphatic heterocycles. The maximum atomic E-state index is 11.7. The molecule has 8 heteroatoms. The zero-order valence-corrected chi connectivity index (χ0v) is 15.2. The number of aliphatic hydroxyl groups is 1. The van der Waals surface area contributed by atoms with E-state index in [1.165, 1.54) is 0 Å². The molecule has 3 aliphatic rings. The maximum absolute atomic E-state index is 11.7. The van der Waals surface area contributed by atoms with Crippen LogP contribution in [-0.4, -0.2) is 64.6 Å². The molecular weight excluding hydrogens is 332 g/mol. The fourth-order valence-electron chi connectivity index (χ4n) is 3.85. The Kier molecular flexibility index (Phi) is 4.30. The first kappa shape index (κ1) is 18.8. The largest absolute Gasteiger partial charge is 0.478 e. The van der Waals surface area contributed by atoms with Crippen LogP contribution in [0.3, 0.4) is 0 Å². The topological polar surface area (TPSA) is 104 Å². The van der Waals surface area contributed by atoms with Crippen LogP contribution in [0.25, 0.3) is 0 Å². The monoisotopic (exact) mass is 358 g/mol. The van der Waals surface area contributed by atoms with Gasteiger partial charge in [-0.15, -0.1) is 0 Å². The first-order valence-corrected chi connectivity index (χ1v) is 8.34. The Morgan fingerprint density at radius 1 is 1.16 bits per heavy atom. The fourth-order valence-corrected chi connectivity index (χ4v) is 3.85. The minimum atomic E-state index is -1.67. The molecule has 2 N–H and O–H groups in total. The van der Waals surface area contributed by atoms with E-state index in [4.69, 9.17) is 28.8 Å². The lowest BCUT2D eigenvalue weighted by Gasteiger charge is -2.50. The number of ether oxygens (including phenoxy) is 5. The molecule has 3 fully saturated rings. The van der Waals surface area contributed by atoms with Crippen molar-refractivity contribution < 1.29 is 38.7 Å². The van der Waals surface area contributed by atoms with Crippen LogP contribution in [-0.2, 0) is 28.5 Å². The smallest absolute Gasteiger partial charge is 0.328 e. The zero-order chi connectivity index (χ0) is 18.7. The highest BCUT2D eigenvalue weighted by Crippen LogP contribution is 2.51. The van der Waals surface area contributed by atoms with Gasteiger partial charge in [0.25, 0.3) is 0 Å². The van der Waals surface area contributed by atoms with Crippen molar-refractivity contribution in [2.45, 2.75) is 76.2 Å². The van der Waals surface area contributed by atoms with Crippen molar-refractivity contribution in [2.75, 3.05) is 13.2 Å². The standard InChI is InChI=1S/C17H26O8/c1-10(6-12(18)19)7-16(20)13-11(23-15(4,5)24-13)8-21-17(16)9-22-14(2,3)25-17/h6,11,13,20H,7-9H2,1-5H3,(H,18,19)/b10-6-/t11-,13-,16-,17+/m1/s1. The molecule has 0 aromatic carbocycles. The second-order valence-electron chi connectivity index (χ2n) is 7.88. The van der Waals surface area contributed by atoms with Crippen LogP contribution in [0.4, 0.5) is 0 Å². The van der Waals surface area contributed by atoms with Gasteiger partial charge in [-0.1, -0.05) is 5.57 Å². The molecule has 3 heterocycles. The van der Waals surface area contributed by atoms with E-state index in [0.717, 1.165) is 6.08 Å². The Bertz CT molecular complexity index is 595. The average molecular weight is 358 g/mol. The van der Waals surface area contributed by atoms with Gasteiger partial charge in [0.05, 0.1) is 6.61 Å². The summed E-state index contributed by atoms with van der Waals surface area (Å²) < 4.78 is 29.3. The summed E-state index contributed by atoms with van der Waals surface area (Å²) in [6.45, 7) is 8.79. The Hall–Kier alpha value is -1.03. The molecule has 3 rings (SSSR count). The molecule has 25 heavy (non-hydrogen) atoms. The predicted octanol–water partition coefficient (Wildman–Crippen LogP) is 1.17. The molecule has 1 spiro atoms. The Morgan fingerprint density at radius 2 is 1.84 bits per heavy atom.